The minimum atomic E-state index is -0.492. The SMILES string of the molecule is C1=C(c2ccc(-c3ccc4c(c3)C3(c5ccccc5Oc5ccccc53)c3ccccc3-4)cc2)C=C(C2N=C(c3ccccc3)N=C(c3ccc(-c4ccccc4)cc3)N2)CC1. The average Bonchev–Trinajstić information content (AvgIpc) is 3.64. The summed E-state index contributed by atoms with van der Waals surface area (Å²) in [7, 11) is 0. The fraction of sp³-hybridized carbons (Fsp3) is 0.0690. The van der Waals surface area contributed by atoms with E-state index in [1.807, 2.05) is 24.3 Å². The molecule has 12 rings (SSSR count). The van der Waals surface area contributed by atoms with Gasteiger partial charge in [0, 0.05) is 22.3 Å². The summed E-state index contributed by atoms with van der Waals surface area (Å²) in [6.07, 6.45) is 6.31. The third-order valence-corrected chi connectivity index (χ3v) is 12.9. The molecular weight excluding hydrogens is 755 g/mol. The molecule has 2 aliphatic carbocycles. The zero-order chi connectivity index (χ0) is 41.0. The van der Waals surface area contributed by atoms with Crippen molar-refractivity contribution in [1.29, 1.82) is 0 Å². The minimum Gasteiger partial charge on any atom is -0.457 e. The van der Waals surface area contributed by atoms with Crippen LogP contribution in [-0.4, -0.2) is 17.8 Å². The Morgan fingerprint density at radius 1 is 0.468 bits per heavy atom. The normalized spacial score (nSPS) is 16.5. The molecule has 1 spiro atoms. The molecular formula is C58H41N3O. The van der Waals surface area contributed by atoms with Gasteiger partial charge in [-0.2, -0.15) is 0 Å². The zero-order valence-corrected chi connectivity index (χ0v) is 34.0. The van der Waals surface area contributed by atoms with Crippen LogP contribution in [0.4, 0.5) is 0 Å². The molecule has 2 heterocycles. The number of rotatable bonds is 6. The van der Waals surface area contributed by atoms with Crippen molar-refractivity contribution in [2.24, 2.45) is 9.98 Å². The molecule has 2 aliphatic heterocycles. The summed E-state index contributed by atoms with van der Waals surface area (Å²) < 4.78 is 6.57. The van der Waals surface area contributed by atoms with Crippen LogP contribution in [-0.2, 0) is 5.41 Å². The number of fused-ring (bicyclic) bond motifs is 9. The minimum absolute atomic E-state index is 0.238. The summed E-state index contributed by atoms with van der Waals surface area (Å²) in [6.45, 7) is 0. The van der Waals surface area contributed by atoms with Crippen LogP contribution < -0.4 is 10.1 Å². The van der Waals surface area contributed by atoms with Crippen molar-refractivity contribution >= 4 is 17.2 Å². The molecule has 4 aliphatic rings. The summed E-state index contributed by atoms with van der Waals surface area (Å²) >= 11 is 0. The first-order chi connectivity index (χ1) is 30.7. The molecule has 1 atom stereocenters. The summed E-state index contributed by atoms with van der Waals surface area (Å²) in [5.41, 5.74) is 17.4. The maximum absolute atomic E-state index is 6.57. The van der Waals surface area contributed by atoms with Crippen LogP contribution in [0.3, 0.4) is 0 Å². The van der Waals surface area contributed by atoms with E-state index < -0.39 is 5.41 Å². The van der Waals surface area contributed by atoms with Gasteiger partial charge >= 0.3 is 0 Å². The van der Waals surface area contributed by atoms with Gasteiger partial charge in [0.2, 0.25) is 0 Å². The van der Waals surface area contributed by atoms with Crippen LogP contribution in [0.15, 0.2) is 228 Å². The third kappa shape index (κ3) is 5.90. The Kier molecular flexibility index (Phi) is 8.56. The Morgan fingerprint density at radius 3 is 1.71 bits per heavy atom. The Bertz CT molecular complexity index is 3110. The van der Waals surface area contributed by atoms with E-state index in [9.17, 15) is 0 Å². The number of nitrogens with one attached hydrogen (secondary N) is 1. The van der Waals surface area contributed by atoms with Crippen molar-refractivity contribution < 1.29 is 4.74 Å². The molecule has 0 radical (unpaired) electrons. The number of aliphatic imine (C=N–C) groups is 2. The topological polar surface area (TPSA) is 46.0 Å². The molecule has 4 nitrogen and oxygen atoms in total. The standard InChI is InChI=1S/C58H41N3O/c1-3-14-38(15-4-1)39-30-32-43(33-31-39)56-59-55(42-16-5-2-6-17-42)60-57(61-56)46-19-13-18-44(36-46)40-26-28-41(29-27-40)45-34-35-48-47-20-7-8-21-49(47)58(52(48)37-45)50-22-9-11-24-53(50)62-54-25-12-10-23-51(54)58/h1-12,14-18,20-37,57H,13,19H2,(H,59,60,61). The van der Waals surface area contributed by atoms with Gasteiger partial charge in [0.15, 0.2) is 5.84 Å². The number of hydrogen-bond donors (Lipinski definition) is 1. The van der Waals surface area contributed by atoms with Gasteiger partial charge in [0.1, 0.15) is 23.5 Å². The molecule has 0 bridgehead atoms. The lowest BCUT2D eigenvalue weighted by Gasteiger charge is -2.39. The summed E-state index contributed by atoms with van der Waals surface area (Å²) in [4.78, 5) is 10.3. The fourth-order valence-electron chi connectivity index (χ4n) is 9.98. The summed E-state index contributed by atoms with van der Waals surface area (Å²) in [6, 6.07) is 71.5. The summed E-state index contributed by atoms with van der Waals surface area (Å²) in [5, 5.41) is 3.72. The van der Waals surface area contributed by atoms with E-state index in [0.29, 0.717) is 0 Å². The van der Waals surface area contributed by atoms with Crippen LogP contribution in [0.2, 0.25) is 0 Å². The number of hydrogen-bond acceptors (Lipinski definition) is 4. The van der Waals surface area contributed by atoms with Gasteiger partial charge in [-0.25, -0.2) is 9.98 Å². The smallest absolute Gasteiger partial charge is 0.159 e. The van der Waals surface area contributed by atoms with E-state index in [-0.39, 0.29) is 6.17 Å². The van der Waals surface area contributed by atoms with E-state index >= 15 is 0 Å². The van der Waals surface area contributed by atoms with Crippen molar-refractivity contribution in [3.63, 3.8) is 0 Å². The van der Waals surface area contributed by atoms with E-state index in [2.05, 4.69) is 193 Å². The van der Waals surface area contributed by atoms with Crippen molar-refractivity contribution in [3.05, 3.63) is 257 Å². The maximum Gasteiger partial charge on any atom is 0.159 e. The number of ether oxygens (including phenoxy) is 1. The quantitative estimate of drug-likeness (QED) is 0.182. The molecule has 8 aromatic carbocycles. The van der Waals surface area contributed by atoms with Crippen molar-refractivity contribution in [2.75, 3.05) is 0 Å². The number of para-hydroxylation sites is 2. The molecule has 1 N–H and O–H groups in total. The van der Waals surface area contributed by atoms with E-state index in [0.717, 1.165) is 47.1 Å². The predicted octanol–water partition coefficient (Wildman–Crippen LogP) is 13.4. The van der Waals surface area contributed by atoms with E-state index in [1.54, 1.807) is 0 Å². The third-order valence-electron chi connectivity index (χ3n) is 12.9. The Labute approximate surface area is 362 Å². The second-order valence-electron chi connectivity index (χ2n) is 16.4. The number of benzene rings is 8. The molecule has 4 heteroatoms. The highest BCUT2D eigenvalue weighted by Gasteiger charge is 2.51. The van der Waals surface area contributed by atoms with Gasteiger partial charge in [0.05, 0.1) is 5.41 Å². The molecule has 62 heavy (non-hydrogen) atoms. The van der Waals surface area contributed by atoms with Crippen molar-refractivity contribution in [3.8, 4) is 44.9 Å². The first-order valence-electron chi connectivity index (χ1n) is 21.5. The van der Waals surface area contributed by atoms with Gasteiger partial charge in [-0.15, -0.1) is 0 Å². The van der Waals surface area contributed by atoms with Crippen LogP contribution in [0.5, 0.6) is 11.5 Å². The highest BCUT2D eigenvalue weighted by atomic mass is 16.5. The second kappa shape index (κ2) is 14.7. The van der Waals surface area contributed by atoms with Gasteiger partial charge in [-0.3, -0.25) is 0 Å². The second-order valence-corrected chi connectivity index (χ2v) is 16.4. The number of nitrogens with zero attached hydrogens (tertiary/aromatic N) is 2. The van der Waals surface area contributed by atoms with Crippen LogP contribution in [0, 0.1) is 0 Å². The van der Waals surface area contributed by atoms with Crippen LogP contribution in [0.1, 0.15) is 51.8 Å². The highest BCUT2D eigenvalue weighted by Crippen LogP contribution is 2.62. The molecule has 1 unspecified atom stereocenters. The largest absolute Gasteiger partial charge is 0.457 e. The van der Waals surface area contributed by atoms with Crippen LogP contribution in [0.25, 0.3) is 39.0 Å². The lowest BCUT2D eigenvalue weighted by molar-refractivity contribution is 0.436. The van der Waals surface area contributed by atoms with Gasteiger partial charge < -0.3 is 10.1 Å². The number of allylic oxidation sites excluding steroid dienone is 3. The summed E-state index contributed by atoms with van der Waals surface area (Å²) in [5.74, 6) is 3.38. The molecule has 0 saturated heterocycles. The first-order valence-corrected chi connectivity index (χ1v) is 21.5. The number of amidine groups is 2. The molecule has 294 valence electrons. The zero-order valence-electron chi connectivity index (χ0n) is 34.0. The van der Waals surface area contributed by atoms with Gasteiger partial charge in [0.25, 0.3) is 0 Å². The molecule has 0 aromatic heterocycles. The Morgan fingerprint density at radius 2 is 1.00 bits per heavy atom. The van der Waals surface area contributed by atoms with Crippen molar-refractivity contribution in [2.45, 2.75) is 24.4 Å². The van der Waals surface area contributed by atoms with E-state index in [4.69, 9.17) is 14.7 Å². The molecule has 0 amide bonds. The lowest BCUT2D eigenvalue weighted by Crippen LogP contribution is -2.40. The van der Waals surface area contributed by atoms with Crippen LogP contribution >= 0.6 is 0 Å². The predicted molar refractivity (Wildman–Crippen MR) is 253 cm³/mol. The molecule has 0 fully saturated rings. The van der Waals surface area contributed by atoms with E-state index in [1.165, 1.54) is 72.3 Å². The monoisotopic (exact) mass is 795 g/mol. The highest BCUT2D eigenvalue weighted by molar-refractivity contribution is 6.13. The first kappa shape index (κ1) is 36.1. The fourth-order valence-corrected chi connectivity index (χ4v) is 9.98. The van der Waals surface area contributed by atoms with Gasteiger partial charge in [-0.05, 0) is 92.3 Å². The molecule has 8 aromatic rings. The maximum atomic E-state index is 6.57. The average molecular weight is 796 g/mol. The van der Waals surface area contributed by atoms with Crippen molar-refractivity contribution in [1.82, 2.24) is 5.32 Å². The van der Waals surface area contributed by atoms with Gasteiger partial charge in [-0.1, -0.05) is 194 Å². The Hall–Kier alpha value is -7.82. The lowest BCUT2D eigenvalue weighted by atomic mass is 9.66. The Balaban J connectivity index is 0.872. The molecule has 0 saturated carbocycles.